The summed E-state index contributed by atoms with van der Waals surface area (Å²) in [4.78, 5) is 10.5. The van der Waals surface area contributed by atoms with Crippen molar-refractivity contribution < 1.29 is 9.18 Å². The van der Waals surface area contributed by atoms with E-state index in [-0.39, 0.29) is 5.78 Å². The minimum absolute atomic E-state index is 0.267. The maximum atomic E-state index is 12.4. The molecule has 2 heteroatoms. The van der Waals surface area contributed by atoms with Gasteiger partial charge in [-0.3, -0.25) is 4.79 Å². The molecule has 0 saturated carbocycles. The summed E-state index contributed by atoms with van der Waals surface area (Å²) in [5.41, 5.74) is 0. The molecule has 0 fully saturated rings. The Bertz CT molecular complexity index is 90.9. The Morgan fingerprint density at radius 1 is 1.56 bits per heavy atom. The van der Waals surface area contributed by atoms with E-state index >= 15 is 0 Å². The first-order valence-electron chi connectivity index (χ1n) is 3.39. The number of carbonyl (C=O) groups is 1. The Labute approximate surface area is 55.3 Å². The van der Waals surface area contributed by atoms with Crippen LogP contribution in [-0.4, -0.2) is 12.0 Å². The summed E-state index contributed by atoms with van der Waals surface area (Å²) >= 11 is 0. The summed E-state index contributed by atoms with van der Waals surface area (Å²) < 4.78 is 12.4. The predicted molar refractivity (Wildman–Crippen MR) is 35.1 cm³/mol. The third-order valence-corrected chi connectivity index (χ3v) is 1.24. The smallest absolute Gasteiger partial charge is 0.166 e. The van der Waals surface area contributed by atoms with Crippen LogP contribution >= 0.6 is 0 Å². The quantitative estimate of drug-likeness (QED) is 0.572. The van der Waals surface area contributed by atoms with E-state index in [2.05, 4.69) is 0 Å². The summed E-state index contributed by atoms with van der Waals surface area (Å²) in [6.07, 6.45) is 0.237. The highest BCUT2D eigenvalue weighted by Gasteiger charge is 2.12. The Hall–Kier alpha value is -0.400. The fraction of sp³-hybridized carbons (Fsp3) is 0.857. The van der Waals surface area contributed by atoms with Crippen LogP contribution in [-0.2, 0) is 4.79 Å². The molecule has 0 aromatic carbocycles. The molecule has 0 radical (unpaired) electrons. The van der Waals surface area contributed by atoms with Crippen molar-refractivity contribution in [1.29, 1.82) is 0 Å². The van der Waals surface area contributed by atoms with Crippen molar-refractivity contribution in [1.82, 2.24) is 0 Å². The molecule has 0 unspecified atom stereocenters. The molecule has 9 heavy (non-hydrogen) atoms. The van der Waals surface area contributed by atoms with Crippen LogP contribution in [0.1, 0.15) is 33.1 Å². The number of rotatable bonds is 4. The summed E-state index contributed by atoms with van der Waals surface area (Å²) in [5.74, 6) is -0.267. The van der Waals surface area contributed by atoms with Crippen molar-refractivity contribution in [2.45, 2.75) is 39.3 Å². The van der Waals surface area contributed by atoms with Gasteiger partial charge >= 0.3 is 0 Å². The van der Waals surface area contributed by atoms with Crippen LogP contribution < -0.4 is 0 Å². The maximum Gasteiger partial charge on any atom is 0.166 e. The summed E-state index contributed by atoms with van der Waals surface area (Å²) in [7, 11) is 0. The van der Waals surface area contributed by atoms with E-state index in [1.807, 2.05) is 6.92 Å². The van der Waals surface area contributed by atoms with Gasteiger partial charge in [0.25, 0.3) is 0 Å². The Morgan fingerprint density at radius 2 is 2.11 bits per heavy atom. The Balaban J connectivity index is 3.45. The number of Topliss-reactive ketones (excluding diaryl/α,β-unsaturated/α-hetero) is 1. The number of hydrogen-bond donors (Lipinski definition) is 0. The molecule has 0 rings (SSSR count). The van der Waals surface area contributed by atoms with Crippen LogP contribution in [0.5, 0.6) is 0 Å². The van der Waals surface area contributed by atoms with Crippen molar-refractivity contribution in [2.24, 2.45) is 0 Å². The van der Waals surface area contributed by atoms with Gasteiger partial charge in [0.05, 0.1) is 0 Å². The lowest BCUT2D eigenvalue weighted by Crippen LogP contribution is -2.13. The van der Waals surface area contributed by atoms with Gasteiger partial charge in [-0.15, -0.1) is 0 Å². The minimum Gasteiger partial charge on any atom is -0.296 e. The first kappa shape index (κ1) is 8.60. The normalized spacial score (nSPS) is 13.2. The molecule has 0 heterocycles. The molecule has 1 atom stereocenters. The molecule has 0 amide bonds. The molecular formula is C7H13FO. The first-order valence-corrected chi connectivity index (χ1v) is 3.39. The zero-order valence-electron chi connectivity index (χ0n) is 5.98. The Kier molecular flexibility index (Phi) is 4.28. The highest BCUT2D eigenvalue weighted by atomic mass is 19.1. The third kappa shape index (κ3) is 3.22. The highest BCUT2D eigenvalue weighted by molar-refractivity contribution is 5.82. The predicted octanol–water partition coefficient (Wildman–Crippen LogP) is 2.10. The van der Waals surface area contributed by atoms with Crippen LogP contribution in [0.25, 0.3) is 0 Å². The van der Waals surface area contributed by atoms with Crippen molar-refractivity contribution in [3.63, 3.8) is 0 Å². The average Bonchev–Trinajstić information content (AvgIpc) is 1.87. The lowest BCUT2D eigenvalue weighted by Gasteiger charge is -2.00. The summed E-state index contributed by atoms with van der Waals surface area (Å²) in [6, 6.07) is 0. The van der Waals surface area contributed by atoms with E-state index in [1.54, 1.807) is 6.92 Å². The Morgan fingerprint density at radius 3 is 2.44 bits per heavy atom. The van der Waals surface area contributed by atoms with Crippen LogP contribution in [0, 0.1) is 0 Å². The van der Waals surface area contributed by atoms with E-state index in [1.165, 1.54) is 0 Å². The van der Waals surface area contributed by atoms with Gasteiger partial charge in [0.1, 0.15) is 0 Å². The lowest BCUT2D eigenvalue weighted by molar-refractivity contribution is -0.123. The minimum atomic E-state index is -1.21. The molecule has 0 aromatic heterocycles. The molecule has 54 valence electrons. The van der Waals surface area contributed by atoms with E-state index in [0.29, 0.717) is 12.8 Å². The second-order valence-electron chi connectivity index (χ2n) is 2.08. The van der Waals surface area contributed by atoms with E-state index in [9.17, 15) is 9.18 Å². The zero-order chi connectivity index (χ0) is 7.28. The van der Waals surface area contributed by atoms with Gasteiger partial charge < -0.3 is 0 Å². The molecular weight excluding hydrogens is 119 g/mol. The number of alkyl halides is 1. The van der Waals surface area contributed by atoms with Gasteiger partial charge in [0, 0.05) is 6.42 Å². The molecule has 0 aliphatic heterocycles. The van der Waals surface area contributed by atoms with Gasteiger partial charge in [0.15, 0.2) is 12.0 Å². The third-order valence-electron chi connectivity index (χ3n) is 1.24. The van der Waals surface area contributed by atoms with Gasteiger partial charge in [-0.2, -0.15) is 0 Å². The van der Waals surface area contributed by atoms with Gasteiger partial charge in [-0.1, -0.05) is 20.3 Å². The van der Waals surface area contributed by atoms with Crippen LogP contribution in [0.3, 0.4) is 0 Å². The average molecular weight is 132 g/mol. The molecule has 1 nitrogen and oxygen atoms in total. The second-order valence-corrected chi connectivity index (χ2v) is 2.08. The molecule has 0 aromatic rings. The number of ketones is 1. The fourth-order valence-corrected chi connectivity index (χ4v) is 0.636. The van der Waals surface area contributed by atoms with Crippen LogP contribution in [0.2, 0.25) is 0 Å². The number of carbonyl (C=O) groups excluding carboxylic acids is 1. The van der Waals surface area contributed by atoms with E-state index in [0.717, 1.165) is 6.42 Å². The first-order chi connectivity index (χ1) is 4.22. The van der Waals surface area contributed by atoms with Gasteiger partial charge in [0.2, 0.25) is 0 Å². The van der Waals surface area contributed by atoms with Crippen LogP contribution in [0.15, 0.2) is 0 Å². The molecule has 0 aliphatic rings. The monoisotopic (exact) mass is 132 g/mol. The topological polar surface area (TPSA) is 17.1 Å². The van der Waals surface area contributed by atoms with Gasteiger partial charge in [-0.05, 0) is 6.42 Å². The lowest BCUT2D eigenvalue weighted by atomic mass is 10.1. The van der Waals surface area contributed by atoms with Crippen molar-refractivity contribution in [2.75, 3.05) is 0 Å². The van der Waals surface area contributed by atoms with Crippen LogP contribution in [0.4, 0.5) is 4.39 Å². The van der Waals surface area contributed by atoms with Crippen molar-refractivity contribution in [3.8, 4) is 0 Å². The molecule has 0 spiro atoms. The van der Waals surface area contributed by atoms with Gasteiger partial charge in [-0.25, -0.2) is 4.39 Å². The molecule has 0 bridgehead atoms. The highest BCUT2D eigenvalue weighted by Crippen LogP contribution is 2.04. The molecule has 0 saturated heterocycles. The zero-order valence-corrected chi connectivity index (χ0v) is 5.98. The summed E-state index contributed by atoms with van der Waals surface area (Å²) in [6.45, 7) is 3.56. The van der Waals surface area contributed by atoms with E-state index < -0.39 is 6.17 Å². The number of halogens is 1. The second kappa shape index (κ2) is 4.48. The molecule has 0 N–H and O–H groups in total. The number of hydrogen-bond acceptors (Lipinski definition) is 1. The standard InChI is InChI=1S/C7H13FO/c1-3-5-6(8)7(9)4-2/h6H,3-5H2,1-2H3/t6-/m0/s1. The largest absolute Gasteiger partial charge is 0.296 e. The molecule has 0 aliphatic carbocycles. The fourth-order valence-electron chi connectivity index (χ4n) is 0.636. The van der Waals surface area contributed by atoms with Crippen molar-refractivity contribution in [3.05, 3.63) is 0 Å². The summed E-state index contributed by atoms with van der Waals surface area (Å²) in [5, 5.41) is 0. The SMILES string of the molecule is CCC[C@H](F)C(=O)CC. The maximum absolute atomic E-state index is 12.4. The van der Waals surface area contributed by atoms with E-state index in [4.69, 9.17) is 0 Å². The van der Waals surface area contributed by atoms with Crippen molar-refractivity contribution >= 4 is 5.78 Å².